The fraction of sp³-hybridized carbons (Fsp3) is 0.143. The van der Waals surface area contributed by atoms with Gasteiger partial charge in [-0.3, -0.25) is 19.8 Å². The van der Waals surface area contributed by atoms with E-state index in [2.05, 4.69) is 26.7 Å². The summed E-state index contributed by atoms with van der Waals surface area (Å²) in [6.45, 7) is 3.82. The van der Waals surface area contributed by atoms with Crippen molar-refractivity contribution >= 4 is 73.7 Å². The number of aryl methyl sites for hydroxylation is 2. The summed E-state index contributed by atoms with van der Waals surface area (Å²) < 4.78 is 11.7. The van der Waals surface area contributed by atoms with Gasteiger partial charge in [-0.05, 0) is 113 Å². The van der Waals surface area contributed by atoms with E-state index in [9.17, 15) is 14.4 Å². The first-order valence-corrected chi connectivity index (χ1v) is 13.7. The van der Waals surface area contributed by atoms with E-state index >= 15 is 0 Å². The van der Waals surface area contributed by atoms with Gasteiger partial charge in [-0.15, -0.1) is 0 Å². The minimum absolute atomic E-state index is 0.161. The quantitative estimate of drug-likeness (QED) is 0.247. The number of nitrogens with zero attached hydrogens (tertiary/aromatic N) is 1. The summed E-state index contributed by atoms with van der Waals surface area (Å²) in [4.78, 5) is 38.2. The van der Waals surface area contributed by atoms with Crippen molar-refractivity contribution in [3.8, 4) is 11.5 Å². The molecule has 0 spiro atoms. The number of hydrogen-bond donors (Lipinski definition) is 2. The molecule has 1 heterocycles. The van der Waals surface area contributed by atoms with E-state index in [0.29, 0.717) is 27.7 Å². The Morgan fingerprint density at radius 1 is 1.03 bits per heavy atom. The second-order valence-electron chi connectivity index (χ2n) is 8.51. The van der Waals surface area contributed by atoms with Crippen LogP contribution in [0.5, 0.6) is 11.5 Å². The van der Waals surface area contributed by atoms with Gasteiger partial charge in [-0.1, -0.05) is 23.9 Å². The summed E-state index contributed by atoms with van der Waals surface area (Å²) in [6, 6.07) is 17.3. The van der Waals surface area contributed by atoms with Gasteiger partial charge >= 0.3 is 0 Å². The highest BCUT2D eigenvalue weighted by Gasteiger charge is 2.33. The van der Waals surface area contributed by atoms with Crippen molar-refractivity contribution in [2.75, 3.05) is 19.0 Å². The molecule has 0 radical (unpaired) electrons. The number of thioether (sulfide) groups is 1. The molecule has 0 aromatic heterocycles. The zero-order chi connectivity index (χ0) is 28.1. The summed E-state index contributed by atoms with van der Waals surface area (Å²) in [6.07, 6.45) is 1.67. The first kappa shape index (κ1) is 28.3. The maximum absolute atomic E-state index is 12.9. The average Bonchev–Trinajstić information content (AvgIpc) is 3.18. The second-order valence-corrected chi connectivity index (χ2v) is 11.0. The molecule has 1 saturated heterocycles. The fourth-order valence-corrected chi connectivity index (χ4v) is 5.23. The summed E-state index contributed by atoms with van der Waals surface area (Å²) in [7, 11) is 1.54. The van der Waals surface area contributed by atoms with Crippen molar-refractivity contribution in [2.45, 2.75) is 13.8 Å². The Morgan fingerprint density at radius 2 is 1.67 bits per heavy atom. The Hall–Kier alpha value is -3.67. The zero-order valence-electron chi connectivity index (χ0n) is 21.2. The third-order valence-corrected chi connectivity index (χ3v) is 7.72. The molecule has 1 aliphatic rings. The van der Waals surface area contributed by atoms with Crippen molar-refractivity contribution in [2.24, 2.45) is 0 Å². The molecule has 200 valence electrons. The molecule has 0 saturated carbocycles. The molecule has 0 aliphatic carbocycles. The second kappa shape index (κ2) is 12.5. The molecule has 4 rings (SSSR count). The number of nitrogens with one attached hydrogen (secondary N) is 2. The minimum Gasteiger partial charge on any atom is -0.497 e. The van der Waals surface area contributed by atoms with Gasteiger partial charge in [0.2, 0.25) is 0 Å². The number of thiocarbonyl (C=S) groups is 1. The average molecular weight is 627 g/mol. The number of methoxy groups -OCH3 is 1. The molecule has 2 N–H and O–H groups in total. The molecule has 39 heavy (non-hydrogen) atoms. The first-order valence-electron chi connectivity index (χ1n) is 11.7. The minimum atomic E-state index is -0.467. The number of hydrogen-bond acceptors (Lipinski definition) is 7. The Balaban J connectivity index is 1.33. The molecule has 8 nitrogen and oxygen atoms in total. The van der Waals surface area contributed by atoms with Crippen LogP contribution in [0.2, 0.25) is 0 Å². The standard InChI is InChI=1S/C28H24BrN3O5S2/c1-16-12-22(29)23(13-17(16)2)30-25(33)15-37-21-8-4-18(5-9-21)14-24-27(35)32(28(38)39-24)31-26(34)19-6-10-20(36-3)11-7-19/h4-14H,15H2,1-3H3,(H,30,33)(H,31,34)/b24-14+. The van der Waals surface area contributed by atoms with Crippen LogP contribution in [0.3, 0.4) is 0 Å². The number of anilines is 1. The molecular formula is C28H24BrN3O5S2. The molecule has 3 aromatic carbocycles. The molecule has 0 bridgehead atoms. The third-order valence-electron chi connectivity index (χ3n) is 5.76. The van der Waals surface area contributed by atoms with E-state index in [1.54, 1.807) is 54.6 Å². The lowest BCUT2D eigenvalue weighted by Gasteiger charge is -2.15. The van der Waals surface area contributed by atoms with E-state index in [1.807, 2.05) is 26.0 Å². The number of ether oxygens (including phenoxy) is 2. The van der Waals surface area contributed by atoms with Crippen LogP contribution in [-0.4, -0.2) is 40.8 Å². The third kappa shape index (κ3) is 7.05. The summed E-state index contributed by atoms with van der Waals surface area (Å²) in [5, 5.41) is 3.90. The van der Waals surface area contributed by atoms with Crippen LogP contribution in [0, 0.1) is 13.8 Å². The predicted octanol–water partition coefficient (Wildman–Crippen LogP) is 5.64. The number of carbonyl (C=O) groups is 3. The van der Waals surface area contributed by atoms with Crippen molar-refractivity contribution < 1.29 is 23.9 Å². The molecule has 0 atom stereocenters. The number of hydrazine groups is 1. The van der Waals surface area contributed by atoms with Gasteiger partial charge in [0, 0.05) is 10.0 Å². The van der Waals surface area contributed by atoms with E-state index in [0.717, 1.165) is 37.9 Å². The van der Waals surface area contributed by atoms with E-state index < -0.39 is 11.8 Å². The molecular weight excluding hydrogens is 602 g/mol. The molecule has 0 unspecified atom stereocenters. The van der Waals surface area contributed by atoms with Gasteiger partial charge < -0.3 is 14.8 Å². The lowest BCUT2D eigenvalue weighted by atomic mass is 10.1. The van der Waals surface area contributed by atoms with Crippen molar-refractivity contribution in [1.82, 2.24) is 10.4 Å². The predicted molar refractivity (Wildman–Crippen MR) is 160 cm³/mol. The number of halogens is 1. The highest BCUT2D eigenvalue weighted by atomic mass is 79.9. The van der Waals surface area contributed by atoms with Crippen LogP contribution in [0.4, 0.5) is 5.69 Å². The Kier molecular flexibility index (Phi) is 9.05. The van der Waals surface area contributed by atoms with E-state index in [1.165, 1.54) is 7.11 Å². The van der Waals surface area contributed by atoms with Crippen LogP contribution in [0.1, 0.15) is 27.0 Å². The summed E-state index contributed by atoms with van der Waals surface area (Å²) >= 11 is 9.85. The largest absolute Gasteiger partial charge is 0.497 e. The van der Waals surface area contributed by atoms with Crippen molar-refractivity contribution in [3.63, 3.8) is 0 Å². The van der Waals surface area contributed by atoms with Gasteiger partial charge in [0.25, 0.3) is 17.7 Å². The van der Waals surface area contributed by atoms with Gasteiger partial charge in [-0.2, -0.15) is 5.01 Å². The number of benzene rings is 3. The fourth-order valence-electron chi connectivity index (χ4n) is 3.50. The SMILES string of the molecule is COc1ccc(C(=O)NN2C(=O)/C(=C\c3ccc(OCC(=O)Nc4cc(C)c(C)cc4Br)cc3)SC2=S)cc1. The van der Waals surface area contributed by atoms with Crippen LogP contribution >= 0.6 is 39.9 Å². The highest BCUT2D eigenvalue weighted by Crippen LogP contribution is 2.32. The van der Waals surface area contributed by atoms with Gasteiger partial charge in [0.15, 0.2) is 10.9 Å². The molecule has 3 aromatic rings. The maximum atomic E-state index is 12.9. The summed E-state index contributed by atoms with van der Waals surface area (Å²) in [5.74, 6) is -0.0681. The number of amides is 3. The lowest BCUT2D eigenvalue weighted by Crippen LogP contribution is -2.44. The van der Waals surface area contributed by atoms with Crippen molar-refractivity contribution in [1.29, 1.82) is 0 Å². The normalized spacial score (nSPS) is 13.9. The van der Waals surface area contributed by atoms with Crippen LogP contribution in [-0.2, 0) is 9.59 Å². The topological polar surface area (TPSA) is 97.0 Å². The van der Waals surface area contributed by atoms with Crippen LogP contribution in [0.15, 0.2) is 70.0 Å². The van der Waals surface area contributed by atoms with Crippen LogP contribution < -0.4 is 20.2 Å². The zero-order valence-corrected chi connectivity index (χ0v) is 24.5. The van der Waals surface area contributed by atoms with Crippen LogP contribution in [0.25, 0.3) is 6.08 Å². The number of rotatable bonds is 8. The Bertz CT molecular complexity index is 1470. The lowest BCUT2D eigenvalue weighted by molar-refractivity contribution is -0.123. The smallest absolute Gasteiger partial charge is 0.285 e. The summed E-state index contributed by atoms with van der Waals surface area (Å²) in [5.41, 5.74) is 6.51. The molecule has 1 aliphatic heterocycles. The van der Waals surface area contributed by atoms with Gasteiger partial charge in [0.1, 0.15) is 11.5 Å². The molecule has 11 heteroatoms. The van der Waals surface area contributed by atoms with Gasteiger partial charge in [-0.25, -0.2) is 0 Å². The monoisotopic (exact) mass is 625 g/mol. The molecule has 1 fully saturated rings. The Morgan fingerprint density at radius 3 is 2.33 bits per heavy atom. The number of carbonyl (C=O) groups excluding carboxylic acids is 3. The Labute approximate surface area is 243 Å². The van der Waals surface area contributed by atoms with Gasteiger partial charge in [0.05, 0.1) is 17.7 Å². The molecule has 3 amide bonds. The van der Waals surface area contributed by atoms with E-state index in [4.69, 9.17) is 21.7 Å². The van der Waals surface area contributed by atoms with E-state index in [-0.39, 0.29) is 16.8 Å². The van der Waals surface area contributed by atoms with Crippen molar-refractivity contribution in [3.05, 3.63) is 92.3 Å². The highest BCUT2D eigenvalue weighted by molar-refractivity contribution is 9.10. The first-order chi connectivity index (χ1) is 18.6. The maximum Gasteiger partial charge on any atom is 0.285 e.